The first kappa shape index (κ1) is 31.1. The van der Waals surface area contributed by atoms with Crippen molar-refractivity contribution in [3.05, 3.63) is 168 Å². The molecular formula is C40H31N3O3S. The Morgan fingerprint density at radius 3 is 2.00 bits per heavy atom. The fraction of sp³-hybridized carbons (Fsp3) is 0.0250. The summed E-state index contributed by atoms with van der Waals surface area (Å²) in [6.07, 6.45) is 1.65. The number of anilines is 2. The first-order valence-electron chi connectivity index (χ1n) is 15.1. The largest absolute Gasteiger partial charge is 0.325 e. The Hall–Kier alpha value is -5.92. The number of amides is 3. The Kier molecular flexibility index (Phi) is 9.86. The van der Waals surface area contributed by atoms with E-state index >= 15 is 0 Å². The molecule has 0 heterocycles. The number of benzene rings is 6. The first-order chi connectivity index (χ1) is 23.0. The van der Waals surface area contributed by atoms with Gasteiger partial charge in [-0.05, 0) is 76.0 Å². The van der Waals surface area contributed by atoms with Crippen LogP contribution in [0.5, 0.6) is 0 Å². The first-order valence-corrected chi connectivity index (χ1v) is 16.1. The average Bonchev–Trinajstić information content (AvgIpc) is 3.11. The van der Waals surface area contributed by atoms with Gasteiger partial charge in [0.05, 0.1) is 5.75 Å². The molecule has 0 aromatic heterocycles. The number of fused-ring (bicyclic) bond motifs is 1. The van der Waals surface area contributed by atoms with E-state index in [9.17, 15) is 14.4 Å². The Balaban J connectivity index is 1.14. The zero-order chi connectivity index (χ0) is 32.4. The van der Waals surface area contributed by atoms with Crippen molar-refractivity contribution in [3.63, 3.8) is 0 Å². The second-order valence-electron chi connectivity index (χ2n) is 10.7. The van der Waals surface area contributed by atoms with Crippen molar-refractivity contribution in [2.24, 2.45) is 0 Å². The smallest absolute Gasteiger partial charge is 0.272 e. The Bertz CT molecular complexity index is 2060. The highest BCUT2D eigenvalue weighted by atomic mass is 32.2. The Morgan fingerprint density at radius 2 is 1.23 bits per heavy atom. The van der Waals surface area contributed by atoms with E-state index in [1.807, 2.05) is 115 Å². The molecule has 0 aliphatic heterocycles. The normalized spacial score (nSPS) is 11.1. The summed E-state index contributed by atoms with van der Waals surface area (Å²) in [5.41, 5.74) is 4.69. The van der Waals surface area contributed by atoms with Crippen LogP contribution in [0.2, 0.25) is 0 Å². The van der Waals surface area contributed by atoms with E-state index in [4.69, 9.17) is 0 Å². The molecule has 6 aromatic rings. The fourth-order valence-electron chi connectivity index (χ4n) is 4.99. The van der Waals surface area contributed by atoms with Crippen molar-refractivity contribution in [2.75, 3.05) is 16.4 Å². The van der Waals surface area contributed by atoms with E-state index in [-0.39, 0.29) is 17.4 Å². The lowest BCUT2D eigenvalue weighted by Crippen LogP contribution is -2.30. The van der Waals surface area contributed by atoms with Crippen LogP contribution in [0.3, 0.4) is 0 Å². The van der Waals surface area contributed by atoms with E-state index in [1.54, 1.807) is 42.5 Å². The van der Waals surface area contributed by atoms with Gasteiger partial charge in [-0.25, -0.2) is 0 Å². The minimum absolute atomic E-state index is 0.0964. The predicted octanol–water partition coefficient (Wildman–Crippen LogP) is 8.65. The molecule has 0 unspecified atom stereocenters. The van der Waals surface area contributed by atoms with Gasteiger partial charge >= 0.3 is 0 Å². The van der Waals surface area contributed by atoms with Crippen LogP contribution in [0.1, 0.15) is 15.9 Å². The van der Waals surface area contributed by atoms with Crippen molar-refractivity contribution < 1.29 is 14.4 Å². The van der Waals surface area contributed by atoms with Gasteiger partial charge in [-0.15, -0.1) is 11.8 Å². The maximum atomic E-state index is 13.6. The summed E-state index contributed by atoms with van der Waals surface area (Å²) in [5.74, 6) is -0.805. The van der Waals surface area contributed by atoms with E-state index in [1.165, 1.54) is 11.8 Å². The molecule has 6 aromatic carbocycles. The molecule has 0 aliphatic carbocycles. The summed E-state index contributed by atoms with van der Waals surface area (Å²) in [4.78, 5) is 40.2. The molecule has 0 radical (unpaired) electrons. The molecule has 0 aliphatic rings. The van der Waals surface area contributed by atoms with Crippen molar-refractivity contribution in [1.82, 2.24) is 5.32 Å². The topological polar surface area (TPSA) is 87.3 Å². The molecule has 230 valence electrons. The summed E-state index contributed by atoms with van der Waals surface area (Å²) in [6, 6.07) is 47.6. The number of carbonyl (C=O) groups is 3. The summed E-state index contributed by atoms with van der Waals surface area (Å²) in [7, 11) is 0. The van der Waals surface area contributed by atoms with Crippen LogP contribution >= 0.6 is 11.8 Å². The van der Waals surface area contributed by atoms with E-state index in [0.717, 1.165) is 38.0 Å². The van der Waals surface area contributed by atoms with Crippen LogP contribution in [0, 0.1) is 0 Å². The van der Waals surface area contributed by atoms with Crippen LogP contribution in [0.15, 0.2) is 162 Å². The molecule has 6 nitrogen and oxygen atoms in total. The lowest BCUT2D eigenvalue weighted by atomic mass is 10.0. The summed E-state index contributed by atoms with van der Waals surface area (Å²) >= 11 is 1.36. The number of rotatable bonds is 10. The summed E-state index contributed by atoms with van der Waals surface area (Å²) in [6.45, 7) is 0. The number of nitrogens with one attached hydrogen (secondary N) is 3. The fourth-order valence-corrected chi connectivity index (χ4v) is 5.74. The van der Waals surface area contributed by atoms with Gasteiger partial charge in [0.15, 0.2) is 0 Å². The third kappa shape index (κ3) is 8.42. The molecule has 3 N–H and O–H groups in total. The quantitative estimate of drug-likeness (QED) is 0.104. The molecule has 0 spiro atoms. The van der Waals surface area contributed by atoms with Crippen molar-refractivity contribution in [2.45, 2.75) is 4.90 Å². The maximum Gasteiger partial charge on any atom is 0.272 e. The van der Waals surface area contributed by atoms with E-state index < -0.39 is 11.8 Å². The summed E-state index contributed by atoms with van der Waals surface area (Å²) in [5, 5.41) is 10.8. The van der Waals surface area contributed by atoms with Gasteiger partial charge in [0.2, 0.25) is 5.91 Å². The molecular weight excluding hydrogens is 603 g/mol. The van der Waals surface area contributed by atoms with Gasteiger partial charge in [-0.2, -0.15) is 0 Å². The Morgan fingerprint density at radius 1 is 0.574 bits per heavy atom. The van der Waals surface area contributed by atoms with E-state index in [0.29, 0.717) is 11.3 Å². The van der Waals surface area contributed by atoms with Crippen LogP contribution in [0.4, 0.5) is 11.4 Å². The lowest BCUT2D eigenvalue weighted by molar-refractivity contribution is -0.114. The highest BCUT2D eigenvalue weighted by molar-refractivity contribution is 8.00. The standard InChI is InChI=1S/C40H31N3O3S/c44-38(41-35-23-22-30-12-7-8-15-33(30)25-35)27-47-36-17-9-16-34(26-36)42-40(46)37(43-39(45)32-13-5-2-6-14-32)24-28-18-20-31(21-19-28)29-10-3-1-4-11-29/h1-26H,27H2,(H,41,44)(H,42,46)(H,43,45)/b37-24+. The molecule has 0 saturated carbocycles. The van der Waals surface area contributed by atoms with Crippen molar-refractivity contribution in [3.8, 4) is 11.1 Å². The van der Waals surface area contributed by atoms with Gasteiger partial charge < -0.3 is 16.0 Å². The minimum Gasteiger partial charge on any atom is -0.325 e. The van der Waals surface area contributed by atoms with Crippen LogP contribution in [-0.2, 0) is 9.59 Å². The predicted molar refractivity (Wildman–Crippen MR) is 192 cm³/mol. The minimum atomic E-state index is -0.474. The van der Waals surface area contributed by atoms with Crippen LogP contribution in [-0.4, -0.2) is 23.5 Å². The average molecular weight is 634 g/mol. The van der Waals surface area contributed by atoms with Crippen LogP contribution < -0.4 is 16.0 Å². The van der Waals surface area contributed by atoms with Gasteiger partial charge in [-0.1, -0.05) is 109 Å². The van der Waals surface area contributed by atoms with Gasteiger partial charge in [0.25, 0.3) is 11.8 Å². The Labute approximate surface area is 277 Å². The zero-order valence-corrected chi connectivity index (χ0v) is 26.2. The van der Waals surface area contributed by atoms with Crippen LogP contribution in [0.25, 0.3) is 28.0 Å². The summed E-state index contributed by atoms with van der Waals surface area (Å²) < 4.78 is 0. The molecule has 0 fully saturated rings. The second-order valence-corrected chi connectivity index (χ2v) is 11.8. The molecule has 47 heavy (non-hydrogen) atoms. The molecule has 3 amide bonds. The lowest BCUT2D eigenvalue weighted by Gasteiger charge is -2.12. The molecule has 0 atom stereocenters. The third-order valence-corrected chi connectivity index (χ3v) is 8.35. The second kappa shape index (κ2) is 14.9. The molecule has 0 saturated heterocycles. The molecule has 6 rings (SSSR count). The van der Waals surface area contributed by atoms with Gasteiger partial charge in [-0.3, -0.25) is 14.4 Å². The van der Waals surface area contributed by atoms with Crippen molar-refractivity contribution >= 4 is 57.7 Å². The number of hydrogen-bond acceptors (Lipinski definition) is 4. The number of carbonyl (C=O) groups excluding carboxylic acids is 3. The highest BCUT2D eigenvalue weighted by Gasteiger charge is 2.16. The van der Waals surface area contributed by atoms with Gasteiger partial charge in [0, 0.05) is 21.8 Å². The number of thioether (sulfide) groups is 1. The van der Waals surface area contributed by atoms with E-state index in [2.05, 4.69) is 16.0 Å². The monoisotopic (exact) mass is 633 g/mol. The zero-order valence-electron chi connectivity index (χ0n) is 25.4. The maximum absolute atomic E-state index is 13.6. The third-order valence-electron chi connectivity index (χ3n) is 7.35. The van der Waals surface area contributed by atoms with Crippen molar-refractivity contribution in [1.29, 1.82) is 0 Å². The molecule has 7 heteroatoms. The highest BCUT2D eigenvalue weighted by Crippen LogP contribution is 2.24. The number of hydrogen-bond donors (Lipinski definition) is 3. The molecule has 0 bridgehead atoms. The SMILES string of the molecule is O=C(CSc1cccc(NC(=O)/C(=C\c2ccc(-c3ccccc3)cc2)NC(=O)c2ccccc2)c1)Nc1ccc2ccccc2c1. The van der Waals surface area contributed by atoms with Gasteiger partial charge in [0.1, 0.15) is 5.70 Å².